The first-order valence-electron chi connectivity index (χ1n) is 19.2. The Morgan fingerprint density at radius 2 is 1.85 bits per heavy atom. The number of rotatable bonds is 7. The Kier molecular flexibility index (Phi) is 10.7. The molecule has 3 aromatic rings. The Balaban J connectivity index is 1.21. The van der Waals surface area contributed by atoms with Gasteiger partial charge in [0, 0.05) is 60.8 Å². The molecule has 4 aliphatic rings. The van der Waals surface area contributed by atoms with Crippen LogP contribution in [0.3, 0.4) is 0 Å². The van der Waals surface area contributed by atoms with E-state index in [0.29, 0.717) is 54.6 Å². The second-order valence-electron chi connectivity index (χ2n) is 15.4. The van der Waals surface area contributed by atoms with Gasteiger partial charge in [0.1, 0.15) is 29.2 Å². The van der Waals surface area contributed by atoms with Crippen molar-refractivity contribution in [2.75, 3.05) is 26.7 Å². The van der Waals surface area contributed by atoms with Crippen molar-refractivity contribution in [3.05, 3.63) is 66.7 Å². The lowest BCUT2D eigenvalue weighted by Gasteiger charge is -2.33. The molecule has 11 heteroatoms. The van der Waals surface area contributed by atoms with Crippen molar-refractivity contribution in [3.8, 4) is 22.8 Å². The molecule has 2 saturated heterocycles. The lowest BCUT2D eigenvalue weighted by molar-refractivity contribution is -0.146. The third-order valence-electron chi connectivity index (χ3n) is 11.6. The summed E-state index contributed by atoms with van der Waals surface area (Å²) in [5.41, 5.74) is 7.03. The molecule has 53 heavy (non-hydrogen) atoms. The largest absolute Gasteiger partial charge is 0.497 e. The minimum absolute atomic E-state index is 0.00984. The summed E-state index contributed by atoms with van der Waals surface area (Å²) in [6, 6.07) is 16.4. The van der Waals surface area contributed by atoms with Crippen LogP contribution in [0.4, 0.5) is 0 Å². The Hall–Kier alpha value is -4.93. The molecule has 11 nitrogen and oxygen atoms in total. The van der Waals surface area contributed by atoms with Crippen LogP contribution >= 0.6 is 0 Å². The average Bonchev–Trinajstić information content (AvgIpc) is 3.70. The predicted octanol–water partition coefficient (Wildman–Crippen LogP) is 5.40. The number of carbonyl (C=O) groups excluding carboxylic acids is 4. The van der Waals surface area contributed by atoms with E-state index in [-0.39, 0.29) is 37.1 Å². The van der Waals surface area contributed by atoms with Gasteiger partial charge in [0.05, 0.1) is 24.9 Å². The smallest absolute Gasteiger partial charge is 0.243 e. The number of nitrogens with two attached hydrogens (primary N) is 1. The molecule has 0 radical (unpaired) electrons. The Labute approximate surface area is 311 Å². The minimum Gasteiger partial charge on any atom is -0.497 e. The molecule has 280 valence electrons. The van der Waals surface area contributed by atoms with E-state index in [1.165, 1.54) is 0 Å². The number of amides is 4. The first-order valence-corrected chi connectivity index (χ1v) is 19.2. The number of pyridine rings is 1. The number of fused-ring (bicyclic) bond motifs is 3. The molecular weight excluding hydrogens is 670 g/mol. The van der Waals surface area contributed by atoms with E-state index < -0.39 is 35.4 Å². The molecule has 7 rings (SSSR count). The van der Waals surface area contributed by atoms with Crippen LogP contribution in [0.2, 0.25) is 0 Å². The van der Waals surface area contributed by atoms with Gasteiger partial charge >= 0.3 is 0 Å². The molecule has 3 fully saturated rings. The maximum absolute atomic E-state index is 14.7. The predicted molar refractivity (Wildman–Crippen MR) is 202 cm³/mol. The molecule has 1 unspecified atom stereocenters. The fourth-order valence-electron chi connectivity index (χ4n) is 8.42. The van der Waals surface area contributed by atoms with Crippen molar-refractivity contribution in [1.29, 1.82) is 0 Å². The Morgan fingerprint density at radius 1 is 1.02 bits per heavy atom. The van der Waals surface area contributed by atoms with Crippen LogP contribution in [-0.4, -0.2) is 82.8 Å². The minimum atomic E-state index is -1.19. The van der Waals surface area contributed by atoms with E-state index in [2.05, 4.69) is 18.3 Å². The maximum Gasteiger partial charge on any atom is 0.243 e. The third kappa shape index (κ3) is 7.89. The second kappa shape index (κ2) is 15.6. The highest BCUT2D eigenvalue weighted by molar-refractivity contribution is 5.97. The number of likely N-dealkylation sites (tertiary alicyclic amines) is 1. The highest BCUT2D eigenvalue weighted by Gasteiger charge is 2.60. The molecular formula is C42H51N5O6. The van der Waals surface area contributed by atoms with Gasteiger partial charge in [0.15, 0.2) is 0 Å². The molecule has 1 aromatic heterocycles. The van der Waals surface area contributed by atoms with Gasteiger partial charge < -0.3 is 30.3 Å². The first kappa shape index (κ1) is 36.4. The van der Waals surface area contributed by atoms with Crippen molar-refractivity contribution >= 4 is 34.5 Å². The maximum atomic E-state index is 14.7. The van der Waals surface area contributed by atoms with E-state index in [0.717, 1.165) is 49.5 Å². The van der Waals surface area contributed by atoms with Crippen LogP contribution in [-0.2, 0) is 19.2 Å². The van der Waals surface area contributed by atoms with Crippen LogP contribution in [0.25, 0.3) is 22.2 Å². The summed E-state index contributed by atoms with van der Waals surface area (Å²) in [5.74, 6) is -0.367. The second-order valence-corrected chi connectivity index (χ2v) is 15.4. The molecule has 0 spiro atoms. The van der Waals surface area contributed by atoms with E-state index in [1.807, 2.05) is 65.6 Å². The van der Waals surface area contributed by atoms with Crippen molar-refractivity contribution < 1.29 is 28.7 Å². The Morgan fingerprint density at radius 3 is 2.62 bits per heavy atom. The zero-order valence-corrected chi connectivity index (χ0v) is 30.8. The van der Waals surface area contributed by atoms with Gasteiger partial charge in [-0.15, -0.1) is 0 Å². The number of benzene rings is 2. The van der Waals surface area contributed by atoms with Crippen molar-refractivity contribution in [1.82, 2.24) is 20.1 Å². The van der Waals surface area contributed by atoms with Crippen molar-refractivity contribution in [2.24, 2.45) is 23.5 Å². The molecule has 3 aliphatic heterocycles. The fraction of sp³-hybridized carbons (Fsp3) is 0.500. The van der Waals surface area contributed by atoms with E-state index >= 15 is 0 Å². The van der Waals surface area contributed by atoms with Crippen LogP contribution in [0.1, 0.15) is 71.1 Å². The number of carbonyl (C=O) groups is 4. The summed E-state index contributed by atoms with van der Waals surface area (Å²) < 4.78 is 12.3. The number of piperidine rings is 1. The average molecular weight is 722 g/mol. The van der Waals surface area contributed by atoms with Gasteiger partial charge in [-0.05, 0) is 56.6 Å². The number of aromatic nitrogens is 1. The van der Waals surface area contributed by atoms with Gasteiger partial charge in [-0.1, -0.05) is 62.2 Å². The van der Waals surface area contributed by atoms with E-state index in [1.54, 1.807) is 12.0 Å². The number of allylic oxidation sites excluding steroid dienone is 1. The topological polar surface area (TPSA) is 144 Å². The summed E-state index contributed by atoms with van der Waals surface area (Å²) in [7, 11) is 1.61. The highest BCUT2D eigenvalue weighted by Crippen LogP contribution is 2.45. The van der Waals surface area contributed by atoms with Gasteiger partial charge in [-0.3, -0.25) is 19.2 Å². The lowest BCUT2D eigenvalue weighted by Crippen LogP contribution is -2.55. The molecule has 1 aliphatic carbocycles. The van der Waals surface area contributed by atoms with E-state index in [9.17, 15) is 19.2 Å². The summed E-state index contributed by atoms with van der Waals surface area (Å²) >= 11 is 0. The first-order chi connectivity index (χ1) is 25.6. The van der Waals surface area contributed by atoms with E-state index in [4.69, 9.17) is 20.2 Å². The third-order valence-corrected chi connectivity index (χ3v) is 11.6. The number of nitrogens with one attached hydrogen (secondary N) is 1. The Bertz CT molecular complexity index is 1880. The number of methoxy groups -OCH3 is 1. The van der Waals surface area contributed by atoms with Gasteiger partial charge in [-0.25, -0.2) is 4.98 Å². The zero-order chi connectivity index (χ0) is 37.1. The number of ether oxygens (including phenoxy) is 2. The SMILES string of the molecule is COc1ccc2c(O[C@@H]3C[C@H]4C(=O)N[C@]5(C(N)=O)C[C@H]5/C=C\CCCCC[C@H](CC(=O)N5CCCC(C)C5)C(=O)N4C3)cc(-c3ccccc3)nc2c1. The van der Waals surface area contributed by atoms with Crippen LogP contribution in [0.15, 0.2) is 66.7 Å². The quantitative estimate of drug-likeness (QED) is 0.311. The number of hydrogen-bond donors (Lipinski definition) is 2. The number of primary amides is 1. The summed E-state index contributed by atoms with van der Waals surface area (Å²) in [6.07, 6.45) is 10.3. The van der Waals surface area contributed by atoms with Gasteiger partial charge in [-0.2, -0.15) is 0 Å². The van der Waals surface area contributed by atoms with Gasteiger partial charge in [0.2, 0.25) is 23.6 Å². The highest BCUT2D eigenvalue weighted by atomic mass is 16.5. The standard InChI is InChI=1S/C42H51N5O6/c1-27-12-11-19-46(25-27)38(48)20-29-15-7-4-3-5-10-16-30-24-42(30,41(43)51)45-39(49)36-22-32(26-47(36)40(29)50)53-37-23-34(28-13-8-6-9-14-28)44-35-21-31(52-2)17-18-33(35)37/h6,8-10,13-14,16-18,21,23,27,29-30,32,36H,3-5,7,11-12,15,19-20,22,24-26H2,1-2H3,(H2,43,51)(H,45,49)/b16-10-/t27?,29-,30-,32-,36+,42-/m1/s1. The molecule has 6 atom stereocenters. The molecule has 1 saturated carbocycles. The van der Waals surface area contributed by atoms with Gasteiger partial charge in [0.25, 0.3) is 0 Å². The number of hydrogen-bond acceptors (Lipinski definition) is 7. The van der Waals surface area contributed by atoms with Crippen LogP contribution in [0, 0.1) is 17.8 Å². The summed E-state index contributed by atoms with van der Waals surface area (Å²) in [6.45, 7) is 3.71. The summed E-state index contributed by atoms with van der Waals surface area (Å²) in [5, 5.41) is 3.75. The molecule has 4 heterocycles. The fourth-order valence-corrected chi connectivity index (χ4v) is 8.42. The van der Waals surface area contributed by atoms with Crippen molar-refractivity contribution in [3.63, 3.8) is 0 Å². The zero-order valence-electron chi connectivity index (χ0n) is 30.8. The van der Waals surface area contributed by atoms with Crippen molar-refractivity contribution in [2.45, 2.75) is 88.8 Å². The molecule has 2 aromatic carbocycles. The van der Waals surface area contributed by atoms with Crippen LogP contribution < -0.4 is 20.5 Å². The normalized spacial score (nSPS) is 28.5. The monoisotopic (exact) mass is 721 g/mol. The molecule has 3 N–H and O–H groups in total. The lowest BCUT2D eigenvalue weighted by atomic mass is 9.93. The number of nitrogens with zero attached hydrogens (tertiary/aromatic N) is 3. The molecule has 4 amide bonds. The van der Waals surface area contributed by atoms with Crippen LogP contribution in [0.5, 0.6) is 11.5 Å². The summed E-state index contributed by atoms with van der Waals surface area (Å²) in [4.78, 5) is 63.9. The molecule has 0 bridgehead atoms.